The molecule has 2 rings (SSSR count). The third kappa shape index (κ3) is 4.53. The second-order valence-corrected chi connectivity index (χ2v) is 6.55. The lowest BCUT2D eigenvalue weighted by Gasteiger charge is -2.22. The highest BCUT2D eigenvalue weighted by molar-refractivity contribution is 7.99. The third-order valence-corrected chi connectivity index (χ3v) is 5.04. The lowest BCUT2D eigenvalue weighted by molar-refractivity contribution is -0.113. The first-order valence-corrected chi connectivity index (χ1v) is 8.47. The maximum atomic E-state index is 12.0. The van der Waals surface area contributed by atoms with Crippen LogP contribution in [0, 0.1) is 19.8 Å². The summed E-state index contributed by atoms with van der Waals surface area (Å²) in [7, 11) is 0. The van der Waals surface area contributed by atoms with Crippen molar-refractivity contribution in [1.82, 2.24) is 5.32 Å². The van der Waals surface area contributed by atoms with E-state index in [1.807, 2.05) is 19.1 Å². The van der Waals surface area contributed by atoms with Crippen LogP contribution in [0.15, 0.2) is 18.2 Å². The molecule has 1 aromatic rings. The number of hydrogen-bond donors (Lipinski definition) is 2. The molecule has 1 fully saturated rings. The van der Waals surface area contributed by atoms with Crippen molar-refractivity contribution >= 4 is 23.4 Å². The standard InChI is InChI=1S/C16H24N2OS/c1-12-5-3-7-15(13(12)2)18-16(19)11-20-10-14-6-4-8-17-9-14/h3,5,7,14,17H,4,6,8-11H2,1-2H3,(H,18,19). The van der Waals surface area contributed by atoms with Gasteiger partial charge in [-0.15, -0.1) is 0 Å². The number of amides is 1. The molecule has 4 heteroatoms. The zero-order valence-corrected chi connectivity index (χ0v) is 13.2. The van der Waals surface area contributed by atoms with Crippen LogP contribution in [0.3, 0.4) is 0 Å². The molecule has 0 aromatic heterocycles. The van der Waals surface area contributed by atoms with Gasteiger partial charge in [0, 0.05) is 5.69 Å². The molecular weight excluding hydrogens is 268 g/mol. The number of anilines is 1. The van der Waals surface area contributed by atoms with E-state index in [2.05, 4.69) is 23.6 Å². The molecule has 1 aliphatic rings. The first kappa shape index (κ1) is 15.4. The second kappa shape index (κ2) is 7.70. The first-order valence-electron chi connectivity index (χ1n) is 7.31. The normalized spacial score (nSPS) is 18.8. The van der Waals surface area contributed by atoms with Crippen molar-refractivity contribution in [3.63, 3.8) is 0 Å². The highest BCUT2D eigenvalue weighted by atomic mass is 32.2. The zero-order valence-electron chi connectivity index (χ0n) is 12.4. The molecule has 20 heavy (non-hydrogen) atoms. The number of thioether (sulfide) groups is 1. The minimum absolute atomic E-state index is 0.104. The summed E-state index contributed by atoms with van der Waals surface area (Å²) < 4.78 is 0. The number of carbonyl (C=O) groups is 1. The van der Waals surface area contributed by atoms with Crippen LogP contribution < -0.4 is 10.6 Å². The Labute approximate surface area is 125 Å². The fourth-order valence-electron chi connectivity index (χ4n) is 2.46. The Bertz CT molecular complexity index is 456. The van der Waals surface area contributed by atoms with Gasteiger partial charge >= 0.3 is 0 Å². The minimum atomic E-state index is 0.104. The smallest absolute Gasteiger partial charge is 0.234 e. The van der Waals surface area contributed by atoms with Crippen molar-refractivity contribution in [1.29, 1.82) is 0 Å². The summed E-state index contributed by atoms with van der Waals surface area (Å²) in [5, 5.41) is 6.43. The summed E-state index contributed by atoms with van der Waals surface area (Å²) in [6, 6.07) is 6.02. The molecule has 0 saturated carbocycles. The average Bonchev–Trinajstić information content (AvgIpc) is 2.45. The molecule has 0 aliphatic carbocycles. The Morgan fingerprint density at radius 2 is 2.30 bits per heavy atom. The van der Waals surface area contributed by atoms with Gasteiger partial charge in [0.05, 0.1) is 5.75 Å². The minimum Gasteiger partial charge on any atom is -0.325 e. The predicted octanol–water partition coefficient (Wildman–Crippen LogP) is 2.97. The van der Waals surface area contributed by atoms with Gasteiger partial charge in [-0.1, -0.05) is 12.1 Å². The summed E-state index contributed by atoms with van der Waals surface area (Å²) in [4.78, 5) is 12.0. The van der Waals surface area contributed by atoms with Gasteiger partial charge in [0.15, 0.2) is 0 Å². The van der Waals surface area contributed by atoms with E-state index in [-0.39, 0.29) is 5.91 Å². The number of carbonyl (C=O) groups excluding carboxylic acids is 1. The van der Waals surface area contributed by atoms with Crippen molar-refractivity contribution in [2.24, 2.45) is 5.92 Å². The molecule has 1 aromatic carbocycles. The maximum absolute atomic E-state index is 12.0. The molecule has 3 nitrogen and oxygen atoms in total. The summed E-state index contributed by atoms with van der Waals surface area (Å²) >= 11 is 1.75. The lowest BCUT2D eigenvalue weighted by Crippen LogP contribution is -2.31. The van der Waals surface area contributed by atoms with Crippen LogP contribution in [-0.2, 0) is 4.79 Å². The van der Waals surface area contributed by atoms with Crippen molar-refractivity contribution in [2.45, 2.75) is 26.7 Å². The summed E-state index contributed by atoms with van der Waals surface area (Å²) in [6.07, 6.45) is 2.55. The van der Waals surface area contributed by atoms with E-state index in [1.165, 1.54) is 18.4 Å². The monoisotopic (exact) mass is 292 g/mol. The topological polar surface area (TPSA) is 41.1 Å². The maximum Gasteiger partial charge on any atom is 0.234 e. The number of nitrogens with one attached hydrogen (secondary N) is 2. The van der Waals surface area contributed by atoms with Gasteiger partial charge in [-0.2, -0.15) is 11.8 Å². The Balaban J connectivity index is 1.73. The van der Waals surface area contributed by atoms with Gasteiger partial charge in [-0.05, 0) is 68.6 Å². The fourth-order valence-corrected chi connectivity index (χ4v) is 3.45. The van der Waals surface area contributed by atoms with Crippen LogP contribution in [0.2, 0.25) is 0 Å². The summed E-state index contributed by atoms with van der Waals surface area (Å²) in [5.74, 6) is 2.45. The molecule has 110 valence electrons. The van der Waals surface area contributed by atoms with E-state index in [9.17, 15) is 4.79 Å². The number of hydrogen-bond acceptors (Lipinski definition) is 3. The van der Waals surface area contributed by atoms with Gasteiger partial charge in [-0.25, -0.2) is 0 Å². The predicted molar refractivity (Wildman–Crippen MR) is 87.5 cm³/mol. The molecule has 1 aliphatic heterocycles. The quantitative estimate of drug-likeness (QED) is 0.876. The molecule has 2 N–H and O–H groups in total. The van der Waals surface area contributed by atoms with E-state index in [1.54, 1.807) is 11.8 Å². The molecule has 1 amide bonds. The molecule has 0 spiro atoms. The molecular formula is C16H24N2OS. The summed E-state index contributed by atoms with van der Waals surface area (Å²) in [5.41, 5.74) is 3.31. The Kier molecular flexibility index (Phi) is 5.92. The molecule has 1 atom stereocenters. The molecule has 1 unspecified atom stereocenters. The zero-order chi connectivity index (χ0) is 14.4. The molecule has 1 heterocycles. The number of piperidine rings is 1. The van der Waals surface area contributed by atoms with Gasteiger partial charge in [0.25, 0.3) is 0 Å². The Hall–Kier alpha value is -1.00. The average molecular weight is 292 g/mol. The Morgan fingerprint density at radius 3 is 3.05 bits per heavy atom. The second-order valence-electron chi connectivity index (χ2n) is 5.52. The SMILES string of the molecule is Cc1cccc(NC(=O)CSCC2CCCNC2)c1C. The van der Waals surface area contributed by atoms with Crippen LogP contribution in [0.1, 0.15) is 24.0 Å². The number of aryl methyl sites for hydroxylation is 1. The van der Waals surface area contributed by atoms with Crippen LogP contribution >= 0.6 is 11.8 Å². The van der Waals surface area contributed by atoms with Gasteiger partial charge in [0.2, 0.25) is 5.91 Å². The highest BCUT2D eigenvalue weighted by Crippen LogP contribution is 2.19. The van der Waals surface area contributed by atoms with E-state index in [0.717, 1.165) is 36.0 Å². The molecule has 0 radical (unpaired) electrons. The highest BCUT2D eigenvalue weighted by Gasteiger charge is 2.13. The fraction of sp³-hybridized carbons (Fsp3) is 0.562. The van der Waals surface area contributed by atoms with Crippen molar-refractivity contribution < 1.29 is 4.79 Å². The van der Waals surface area contributed by atoms with Crippen LogP contribution in [-0.4, -0.2) is 30.5 Å². The van der Waals surface area contributed by atoms with Gasteiger partial charge < -0.3 is 10.6 Å². The van der Waals surface area contributed by atoms with Gasteiger partial charge in [0.1, 0.15) is 0 Å². The van der Waals surface area contributed by atoms with E-state index >= 15 is 0 Å². The Morgan fingerprint density at radius 1 is 1.45 bits per heavy atom. The van der Waals surface area contributed by atoms with Crippen LogP contribution in [0.5, 0.6) is 0 Å². The largest absolute Gasteiger partial charge is 0.325 e. The number of rotatable bonds is 5. The van der Waals surface area contributed by atoms with Crippen LogP contribution in [0.4, 0.5) is 5.69 Å². The van der Waals surface area contributed by atoms with Crippen molar-refractivity contribution in [3.05, 3.63) is 29.3 Å². The van der Waals surface area contributed by atoms with Gasteiger partial charge in [-0.3, -0.25) is 4.79 Å². The molecule has 1 saturated heterocycles. The van der Waals surface area contributed by atoms with Crippen LogP contribution in [0.25, 0.3) is 0 Å². The van der Waals surface area contributed by atoms with E-state index < -0.39 is 0 Å². The lowest BCUT2D eigenvalue weighted by atomic mass is 10.0. The van der Waals surface area contributed by atoms with Crippen molar-refractivity contribution in [3.8, 4) is 0 Å². The third-order valence-electron chi connectivity index (χ3n) is 3.86. The number of benzene rings is 1. The van der Waals surface area contributed by atoms with E-state index in [0.29, 0.717) is 5.75 Å². The van der Waals surface area contributed by atoms with Crippen molar-refractivity contribution in [2.75, 3.05) is 29.9 Å². The van der Waals surface area contributed by atoms with E-state index in [4.69, 9.17) is 0 Å². The summed E-state index contributed by atoms with van der Waals surface area (Å²) in [6.45, 7) is 6.36. The first-order chi connectivity index (χ1) is 9.66. The molecule has 0 bridgehead atoms.